The van der Waals surface area contributed by atoms with Crippen molar-refractivity contribution in [3.05, 3.63) is 11.6 Å². The summed E-state index contributed by atoms with van der Waals surface area (Å²) in [6.07, 6.45) is -9.75. The summed E-state index contributed by atoms with van der Waals surface area (Å²) >= 11 is 0. The molecule has 8 N–H and O–H groups in total. The molecule has 8 rings (SSSR count). The predicted molar refractivity (Wildman–Crippen MR) is 206 cm³/mol. The van der Waals surface area contributed by atoms with Gasteiger partial charge in [0, 0.05) is 24.8 Å². The highest BCUT2D eigenvalue weighted by atomic mass is 16.8. The molecule has 3 saturated heterocycles. The molecule has 0 aromatic carbocycles. The largest absolute Gasteiger partial charge is 0.459 e. The van der Waals surface area contributed by atoms with Gasteiger partial charge >= 0.3 is 11.9 Å². The molecule has 0 bridgehead atoms. The Labute approximate surface area is 355 Å². The van der Waals surface area contributed by atoms with Crippen LogP contribution in [0.1, 0.15) is 91.9 Å². The summed E-state index contributed by atoms with van der Waals surface area (Å²) in [4.78, 5) is 24.4. The van der Waals surface area contributed by atoms with Crippen LogP contribution in [0.25, 0.3) is 0 Å². The fraction of sp³-hybridized carbons (Fsp3) is 0.907. The summed E-state index contributed by atoms with van der Waals surface area (Å²) in [7, 11) is 0. The summed E-state index contributed by atoms with van der Waals surface area (Å²) in [6, 6.07) is 0. The molecule has 22 unspecified atom stereocenters. The van der Waals surface area contributed by atoms with Crippen LogP contribution in [-0.4, -0.2) is 170 Å². The van der Waals surface area contributed by atoms with Crippen LogP contribution in [0.5, 0.6) is 0 Å². The molecule has 4 aliphatic heterocycles. The van der Waals surface area contributed by atoms with Crippen LogP contribution >= 0.6 is 0 Å². The number of cyclic esters (lactones) is 1. The predicted octanol–water partition coefficient (Wildman–Crippen LogP) is -0.295. The number of carbonyl (C=O) groups is 2. The van der Waals surface area contributed by atoms with E-state index >= 15 is 0 Å². The molecule has 0 spiro atoms. The lowest BCUT2D eigenvalue weighted by Crippen LogP contribution is -2.63. The van der Waals surface area contributed by atoms with E-state index in [1.54, 1.807) is 13.0 Å². The van der Waals surface area contributed by atoms with Gasteiger partial charge in [0.05, 0.1) is 31.0 Å². The zero-order valence-corrected chi connectivity index (χ0v) is 35.4. The fourth-order valence-electron chi connectivity index (χ4n) is 13.0. The Morgan fingerprint density at radius 1 is 0.803 bits per heavy atom. The van der Waals surface area contributed by atoms with Gasteiger partial charge in [-0.3, -0.25) is 4.79 Å². The first kappa shape index (κ1) is 45.7. The van der Waals surface area contributed by atoms with Crippen LogP contribution in [0, 0.1) is 34.5 Å². The molecule has 18 nitrogen and oxygen atoms in total. The minimum Gasteiger partial charge on any atom is -0.459 e. The molecule has 0 aromatic heterocycles. The number of aliphatic hydroxyl groups excluding tert-OH is 7. The normalized spacial score (nSPS) is 52.4. The highest BCUT2D eigenvalue weighted by Crippen LogP contribution is 2.70. The molecular weight excluding hydrogens is 804 g/mol. The zero-order valence-electron chi connectivity index (χ0n) is 35.4. The second-order valence-electron chi connectivity index (χ2n) is 19.6. The average Bonchev–Trinajstić information content (AvgIpc) is 3.77. The summed E-state index contributed by atoms with van der Waals surface area (Å²) in [5.41, 5.74) is -0.0509. The van der Waals surface area contributed by atoms with Gasteiger partial charge in [-0.25, -0.2) is 4.79 Å². The number of ether oxygens (including phenoxy) is 8. The van der Waals surface area contributed by atoms with E-state index in [1.807, 2.05) is 0 Å². The van der Waals surface area contributed by atoms with E-state index in [2.05, 4.69) is 13.8 Å². The van der Waals surface area contributed by atoms with Gasteiger partial charge in [0.15, 0.2) is 18.9 Å². The molecule has 7 fully saturated rings. The van der Waals surface area contributed by atoms with Crippen molar-refractivity contribution in [2.45, 2.75) is 190 Å². The van der Waals surface area contributed by atoms with E-state index in [4.69, 9.17) is 37.9 Å². The number of fused-ring (bicyclic) bond motifs is 5. The molecule has 346 valence electrons. The number of hydrogen-bond acceptors (Lipinski definition) is 18. The molecule has 0 amide bonds. The quantitative estimate of drug-likeness (QED) is 0.103. The van der Waals surface area contributed by atoms with E-state index in [0.29, 0.717) is 18.4 Å². The monoisotopic (exact) mass is 870 g/mol. The summed E-state index contributed by atoms with van der Waals surface area (Å²) < 4.78 is 46.9. The second-order valence-corrected chi connectivity index (χ2v) is 19.6. The smallest absolute Gasteiger partial charge is 0.331 e. The minimum atomic E-state index is -1.77. The van der Waals surface area contributed by atoms with Crippen LogP contribution in [0.15, 0.2) is 11.6 Å². The third kappa shape index (κ3) is 8.12. The minimum absolute atomic E-state index is 0.0280. The lowest BCUT2D eigenvalue weighted by atomic mass is 9.43. The zero-order chi connectivity index (χ0) is 43.8. The highest BCUT2D eigenvalue weighted by Gasteiger charge is 2.68. The third-order valence-corrected chi connectivity index (χ3v) is 16.5. The van der Waals surface area contributed by atoms with Gasteiger partial charge in [-0.15, -0.1) is 0 Å². The Morgan fingerprint density at radius 3 is 2.20 bits per heavy atom. The Morgan fingerprint density at radius 2 is 1.51 bits per heavy atom. The number of carbonyl (C=O) groups excluding carboxylic acids is 2. The van der Waals surface area contributed by atoms with Crippen LogP contribution in [0.4, 0.5) is 0 Å². The molecule has 4 aliphatic carbocycles. The van der Waals surface area contributed by atoms with E-state index in [1.165, 1.54) is 6.92 Å². The van der Waals surface area contributed by atoms with Crippen LogP contribution in [0.3, 0.4) is 0 Å². The SMILES string of the molecule is CC(=O)OC1CC(OC2CCC3(C)C(CCC4C3CCC3(C)C(C5=CC(=O)OC5)CCC43O)C2)OC(C)C1OC1OC(COC2OC(CO)C(O)C(O)C2O)C(O)C(O)C1O. The number of rotatable bonds is 10. The maximum atomic E-state index is 12.6. The van der Waals surface area contributed by atoms with E-state index in [9.17, 15) is 50.4 Å². The van der Waals surface area contributed by atoms with Crippen molar-refractivity contribution < 1.29 is 88.3 Å². The first-order valence-electron chi connectivity index (χ1n) is 22.2. The summed E-state index contributed by atoms with van der Waals surface area (Å²) in [6.45, 7) is 6.72. The van der Waals surface area contributed by atoms with Crippen LogP contribution in [-0.2, 0) is 47.5 Å². The van der Waals surface area contributed by atoms with Gasteiger partial charge in [0.25, 0.3) is 0 Å². The molecular formula is C43H66O18. The van der Waals surface area contributed by atoms with Crippen molar-refractivity contribution in [3.63, 3.8) is 0 Å². The van der Waals surface area contributed by atoms with E-state index < -0.39 is 111 Å². The van der Waals surface area contributed by atoms with Crippen molar-refractivity contribution in [1.82, 2.24) is 0 Å². The molecule has 22 atom stereocenters. The Hall–Kier alpha value is -1.88. The molecule has 4 heterocycles. The van der Waals surface area contributed by atoms with Crippen LogP contribution < -0.4 is 0 Å². The first-order chi connectivity index (χ1) is 28.9. The van der Waals surface area contributed by atoms with Crippen molar-refractivity contribution in [2.75, 3.05) is 19.8 Å². The molecule has 4 saturated carbocycles. The highest BCUT2D eigenvalue weighted by molar-refractivity contribution is 5.85. The average molecular weight is 871 g/mol. The Balaban J connectivity index is 0.881. The molecule has 0 aromatic rings. The van der Waals surface area contributed by atoms with Gasteiger partial charge < -0.3 is 78.7 Å². The Kier molecular flexibility index (Phi) is 13.1. The van der Waals surface area contributed by atoms with E-state index in [0.717, 1.165) is 63.4 Å². The maximum absolute atomic E-state index is 12.6. The van der Waals surface area contributed by atoms with Crippen molar-refractivity contribution >= 4 is 11.9 Å². The van der Waals surface area contributed by atoms with Gasteiger partial charge in [-0.05, 0) is 99.4 Å². The molecule has 8 aliphatic rings. The van der Waals surface area contributed by atoms with Crippen LogP contribution in [0.2, 0.25) is 0 Å². The lowest BCUT2D eigenvalue weighted by Gasteiger charge is -2.64. The van der Waals surface area contributed by atoms with Crippen molar-refractivity contribution in [3.8, 4) is 0 Å². The third-order valence-electron chi connectivity index (χ3n) is 16.5. The van der Waals surface area contributed by atoms with E-state index in [-0.39, 0.29) is 41.2 Å². The first-order valence-corrected chi connectivity index (χ1v) is 22.2. The number of aliphatic hydroxyl groups is 8. The second kappa shape index (κ2) is 17.5. The standard InChI is InChI=1S/C43H66O18/c1-19-38(61-40-37(52)35(50)33(48)29(60-40)18-55-39-36(51)34(49)32(47)28(16-44)59-39)27(57-20(2)45)15-31(56-19)58-23-7-10-41(3)22(14-23)5-6-26-25(41)8-11-42(4)24(9-12-43(26,42)53)21-13-30(46)54-17-21/h13,19,22-29,31-40,44,47-53H,5-12,14-18H2,1-4H3. The molecule has 61 heavy (non-hydrogen) atoms. The van der Waals surface area contributed by atoms with Crippen molar-refractivity contribution in [1.29, 1.82) is 0 Å². The van der Waals surface area contributed by atoms with Crippen molar-refractivity contribution in [2.24, 2.45) is 34.5 Å². The Bertz CT molecular complexity index is 1630. The summed E-state index contributed by atoms with van der Waals surface area (Å²) in [5, 5.41) is 85.2. The fourth-order valence-corrected chi connectivity index (χ4v) is 13.0. The van der Waals surface area contributed by atoms with Gasteiger partial charge in [-0.2, -0.15) is 0 Å². The molecule has 0 radical (unpaired) electrons. The number of esters is 2. The maximum Gasteiger partial charge on any atom is 0.331 e. The molecule has 18 heteroatoms. The van der Waals surface area contributed by atoms with Gasteiger partial charge in [-0.1, -0.05) is 13.8 Å². The van der Waals surface area contributed by atoms with Gasteiger partial charge in [0.2, 0.25) is 0 Å². The lowest BCUT2D eigenvalue weighted by molar-refractivity contribution is -0.354. The topological polar surface area (TPSA) is 270 Å². The van der Waals surface area contributed by atoms with Gasteiger partial charge in [0.1, 0.15) is 67.6 Å². The number of hydrogen-bond donors (Lipinski definition) is 8. The summed E-state index contributed by atoms with van der Waals surface area (Å²) in [5.74, 6) is 0.204.